The van der Waals surface area contributed by atoms with E-state index in [1.165, 1.54) is 0 Å². The van der Waals surface area contributed by atoms with E-state index in [2.05, 4.69) is 0 Å². The topological polar surface area (TPSA) is 96.8 Å². The van der Waals surface area contributed by atoms with E-state index in [1.807, 2.05) is 0 Å². The Kier molecular flexibility index (Phi) is 1.99. The Labute approximate surface area is 75.1 Å². The minimum atomic E-state index is -1.55. The maximum absolute atomic E-state index is 11.1. The fraction of sp³-hybridized carbons (Fsp3) is 0.857. The van der Waals surface area contributed by atoms with Gasteiger partial charge in [-0.25, -0.2) is 0 Å². The molecule has 0 radical (unpaired) electrons. The minimum absolute atomic E-state index is 0.243. The predicted octanol–water partition coefficient (Wildman–Crippen LogP) is -1.51. The first-order chi connectivity index (χ1) is 6.08. The van der Waals surface area contributed by atoms with Gasteiger partial charge in [-0.3, -0.25) is 16.3 Å². The van der Waals surface area contributed by atoms with Crippen LogP contribution in [0.1, 0.15) is 6.42 Å². The fourth-order valence-corrected chi connectivity index (χ4v) is 1.56. The predicted molar refractivity (Wildman–Crippen MR) is 41.0 cm³/mol. The summed E-state index contributed by atoms with van der Waals surface area (Å²) in [5.41, 5.74) is 10.7. The molecule has 2 fully saturated rings. The van der Waals surface area contributed by atoms with Crippen molar-refractivity contribution in [2.75, 3.05) is 13.2 Å². The van der Waals surface area contributed by atoms with Crippen LogP contribution in [0, 0.1) is 5.92 Å². The van der Waals surface area contributed by atoms with Crippen molar-refractivity contribution in [3.63, 3.8) is 0 Å². The average Bonchev–Trinajstić information content (AvgIpc) is 2.56. The maximum atomic E-state index is 11.1. The van der Waals surface area contributed by atoms with Crippen LogP contribution in [-0.4, -0.2) is 31.3 Å². The molecule has 2 aliphatic heterocycles. The molecule has 4 N–H and O–H groups in total. The van der Waals surface area contributed by atoms with Crippen LogP contribution >= 0.6 is 0 Å². The monoisotopic (exact) mass is 188 g/mol. The van der Waals surface area contributed by atoms with Gasteiger partial charge in [-0.1, -0.05) is 0 Å². The van der Waals surface area contributed by atoms with Crippen LogP contribution in [0.15, 0.2) is 0 Å². The number of ether oxygens (including phenoxy) is 3. The highest BCUT2D eigenvalue weighted by Gasteiger charge is 2.44. The summed E-state index contributed by atoms with van der Waals surface area (Å²) in [6.07, 6.45) is 0.271. The van der Waals surface area contributed by atoms with Gasteiger partial charge in [-0.15, -0.1) is 0 Å². The van der Waals surface area contributed by atoms with Crippen molar-refractivity contribution in [3.05, 3.63) is 0 Å². The van der Waals surface area contributed by atoms with Crippen LogP contribution in [0.2, 0.25) is 0 Å². The molecule has 6 heteroatoms. The Morgan fingerprint density at radius 2 is 2.23 bits per heavy atom. The standard InChI is InChI=1S/C7H12N2O4/c8-7(9)12-3-5(13-7)4-1-2-11-6(4)10/h4-5H,1-3,8-9H2/t4-,5+/m0/s1. The van der Waals surface area contributed by atoms with Gasteiger partial charge in [0.2, 0.25) is 0 Å². The molecule has 0 amide bonds. The molecule has 0 spiro atoms. The quantitative estimate of drug-likeness (QED) is 0.383. The highest BCUT2D eigenvalue weighted by molar-refractivity contribution is 5.74. The summed E-state index contributed by atoms with van der Waals surface area (Å²) in [6.45, 7) is 0.679. The molecular weight excluding hydrogens is 176 g/mol. The van der Waals surface area contributed by atoms with Gasteiger partial charge in [-0.2, -0.15) is 0 Å². The zero-order valence-electron chi connectivity index (χ0n) is 7.06. The van der Waals surface area contributed by atoms with Crippen LogP contribution in [0.4, 0.5) is 0 Å². The van der Waals surface area contributed by atoms with Crippen molar-refractivity contribution in [3.8, 4) is 0 Å². The summed E-state index contributed by atoms with van der Waals surface area (Å²) >= 11 is 0. The highest BCUT2D eigenvalue weighted by atomic mass is 16.8. The fourth-order valence-electron chi connectivity index (χ4n) is 1.56. The Bertz CT molecular complexity index is 231. The van der Waals surface area contributed by atoms with E-state index < -0.39 is 6.03 Å². The van der Waals surface area contributed by atoms with Crippen LogP contribution in [0.5, 0.6) is 0 Å². The molecule has 2 heterocycles. The van der Waals surface area contributed by atoms with Crippen molar-refractivity contribution in [1.82, 2.24) is 0 Å². The van der Waals surface area contributed by atoms with E-state index in [0.29, 0.717) is 13.0 Å². The van der Waals surface area contributed by atoms with Crippen LogP contribution in [0.3, 0.4) is 0 Å². The first kappa shape index (κ1) is 8.89. The molecule has 2 rings (SSSR count). The van der Waals surface area contributed by atoms with Crippen molar-refractivity contribution >= 4 is 5.97 Å². The van der Waals surface area contributed by atoms with Crippen molar-refractivity contribution in [2.24, 2.45) is 17.4 Å². The summed E-state index contributed by atoms with van der Waals surface area (Å²) in [4.78, 5) is 11.1. The normalized spacial score (nSPS) is 37.8. The lowest BCUT2D eigenvalue weighted by molar-refractivity contribution is -0.168. The SMILES string of the molecule is NC1(N)OC[C@H]([C@@H]2CCOC2=O)O1. The molecule has 0 aliphatic carbocycles. The average molecular weight is 188 g/mol. The second kappa shape index (κ2) is 2.91. The van der Waals surface area contributed by atoms with E-state index in [1.54, 1.807) is 0 Å². The van der Waals surface area contributed by atoms with Gasteiger partial charge >= 0.3 is 5.97 Å². The summed E-state index contributed by atoms with van der Waals surface area (Å²) < 4.78 is 14.9. The number of esters is 1. The molecule has 0 unspecified atom stereocenters. The Morgan fingerprint density at radius 3 is 2.69 bits per heavy atom. The third-order valence-electron chi connectivity index (χ3n) is 2.23. The van der Waals surface area contributed by atoms with Gasteiger partial charge in [0.1, 0.15) is 6.10 Å². The maximum Gasteiger partial charge on any atom is 0.311 e. The number of rotatable bonds is 1. The number of hydrogen-bond acceptors (Lipinski definition) is 6. The molecule has 2 aliphatic rings. The first-order valence-electron chi connectivity index (χ1n) is 4.15. The smallest absolute Gasteiger partial charge is 0.311 e. The lowest BCUT2D eigenvalue weighted by atomic mass is 10.0. The van der Waals surface area contributed by atoms with Gasteiger partial charge in [0.05, 0.1) is 19.1 Å². The van der Waals surface area contributed by atoms with Gasteiger partial charge in [0.15, 0.2) is 0 Å². The Balaban J connectivity index is 1.99. The number of nitrogens with two attached hydrogens (primary N) is 2. The third-order valence-corrected chi connectivity index (χ3v) is 2.23. The van der Waals surface area contributed by atoms with Gasteiger partial charge in [0, 0.05) is 0 Å². The van der Waals surface area contributed by atoms with E-state index >= 15 is 0 Å². The van der Waals surface area contributed by atoms with Crippen LogP contribution < -0.4 is 11.5 Å². The molecule has 0 aromatic carbocycles. The van der Waals surface area contributed by atoms with Crippen molar-refractivity contribution in [1.29, 1.82) is 0 Å². The molecule has 74 valence electrons. The lowest BCUT2D eigenvalue weighted by Crippen LogP contribution is -2.51. The summed E-state index contributed by atoms with van der Waals surface area (Å²) in [5, 5.41) is 0. The molecule has 13 heavy (non-hydrogen) atoms. The van der Waals surface area contributed by atoms with Gasteiger partial charge in [0.25, 0.3) is 6.03 Å². The minimum Gasteiger partial charge on any atom is -0.465 e. The van der Waals surface area contributed by atoms with E-state index in [-0.39, 0.29) is 24.6 Å². The summed E-state index contributed by atoms with van der Waals surface area (Å²) in [7, 11) is 0. The number of hydrogen-bond donors (Lipinski definition) is 2. The number of cyclic esters (lactones) is 1. The zero-order valence-corrected chi connectivity index (χ0v) is 7.06. The van der Waals surface area contributed by atoms with Crippen molar-refractivity contribution < 1.29 is 19.0 Å². The summed E-state index contributed by atoms with van der Waals surface area (Å²) in [5.74, 6) is -0.541. The molecule has 2 saturated heterocycles. The zero-order chi connectivity index (χ0) is 9.47. The van der Waals surface area contributed by atoms with Crippen molar-refractivity contribution in [2.45, 2.75) is 18.6 Å². The highest BCUT2D eigenvalue weighted by Crippen LogP contribution is 2.27. The largest absolute Gasteiger partial charge is 0.465 e. The Morgan fingerprint density at radius 1 is 1.46 bits per heavy atom. The van der Waals surface area contributed by atoms with Gasteiger partial charge in [-0.05, 0) is 6.42 Å². The van der Waals surface area contributed by atoms with E-state index in [0.717, 1.165) is 0 Å². The number of carbonyl (C=O) groups excluding carboxylic acids is 1. The summed E-state index contributed by atoms with van der Waals surface area (Å²) in [6, 6.07) is -1.55. The van der Waals surface area contributed by atoms with Crippen LogP contribution in [-0.2, 0) is 19.0 Å². The molecule has 2 atom stereocenters. The molecule has 0 aromatic rings. The molecule has 0 aromatic heterocycles. The second-order valence-corrected chi connectivity index (χ2v) is 3.25. The van der Waals surface area contributed by atoms with E-state index in [9.17, 15) is 4.79 Å². The molecule has 0 bridgehead atoms. The number of carbonyl (C=O) groups is 1. The first-order valence-corrected chi connectivity index (χ1v) is 4.15. The molecule has 0 saturated carbocycles. The molecule has 6 nitrogen and oxygen atoms in total. The van der Waals surface area contributed by atoms with Gasteiger partial charge < -0.3 is 14.2 Å². The van der Waals surface area contributed by atoms with E-state index in [4.69, 9.17) is 25.7 Å². The lowest BCUT2D eigenvalue weighted by Gasteiger charge is -2.17. The second-order valence-electron chi connectivity index (χ2n) is 3.25. The van der Waals surface area contributed by atoms with Crippen LogP contribution in [0.25, 0.3) is 0 Å². The molecular formula is C7H12N2O4. The third kappa shape index (κ3) is 1.66. The Hall–Kier alpha value is -0.690.